The molecule has 0 radical (unpaired) electrons. The number of fused-ring (bicyclic) bond motifs is 12. The van der Waals surface area contributed by atoms with E-state index in [0.29, 0.717) is 0 Å². The highest BCUT2D eigenvalue weighted by molar-refractivity contribution is 7.33. The summed E-state index contributed by atoms with van der Waals surface area (Å²) in [6.07, 6.45) is 0. The second-order valence-electron chi connectivity index (χ2n) is 12.8. The Morgan fingerprint density at radius 1 is 0.312 bits per heavy atom. The van der Waals surface area contributed by atoms with Gasteiger partial charge in [-0.25, -0.2) is 0 Å². The Balaban J connectivity index is 1.20. The van der Waals surface area contributed by atoms with Gasteiger partial charge in [0.1, 0.15) is 0 Å². The lowest BCUT2D eigenvalue weighted by Gasteiger charge is -2.19. The molecule has 2 aromatic heterocycles. The van der Waals surface area contributed by atoms with Crippen molar-refractivity contribution >= 4 is 106 Å². The highest BCUT2D eigenvalue weighted by atomic mass is 32.1. The molecule has 0 unspecified atom stereocenters. The predicted octanol–water partition coefficient (Wildman–Crippen LogP) is 14.4. The summed E-state index contributed by atoms with van der Waals surface area (Å²) in [5.74, 6) is 0. The zero-order valence-electron chi connectivity index (χ0n) is 25.8. The number of hydrogen-bond donors (Lipinski definition) is 0. The number of hydrogen-bond acceptors (Lipinski definition) is 2. The summed E-state index contributed by atoms with van der Waals surface area (Å²) in [6.45, 7) is 0. The van der Waals surface area contributed by atoms with Crippen LogP contribution in [0.5, 0.6) is 0 Å². The molecule has 0 N–H and O–H groups in total. The highest BCUT2D eigenvalue weighted by Gasteiger charge is 2.20. The van der Waals surface area contributed by atoms with Crippen LogP contribution in [-0.4, -0.2) is 0 Å². The van der Waals surface area contributed by atoms with Crippen LogP contribution in [0, 0.1) is 0 Å². The Morgan fingerprint density at radius 2 is 0.854 bits per heavy atom. The molecule has 0 saturated heterocycles. The topological polar surface area (TPSA) is 0 Å². The molecule has 9 aromatic carbocycles. The SMILES string of the molecule is c1ccc2c(-c3c4ccccc4c(-c4ccc5sc6c(ccc7c6sc6ccc8ccccc8c67)c5c4)c4ccccc34)cccc2c1. The summed E-state index contributed by atoms with van der Waals surface area (Å²) in [4.78, 5) is 0. The molecule has 0 nitrogen and oxygen atoms in total. The summed E-state index contributed by atoms with van der Waals surface area (Å²) in [5, 5.41) is 15.8. The zero-order chi connectivity index (χ0) is 31.3. The minimum atomic E-state index is 1.27. The molecule has 0 aliphatic rings. The van der Waals surface area contributed by atoms with Gasteiger partial charge in [-0.15, -0.1) is 22.7 Å². The molecule has 0 fully saturated rings. The molecule has 11 aromatic rings. The van der Waals surface area contributed by atoms with Crippen molar-refractivity contribution in [2.24, 2.45) is 0 Å². The monoisotopic (exact) mass is 642 g/mol. The van der Waals surface area contributed by atoms with E-state index in [1.807, 2.05) is 22.7 Å². The van der Waals surface area contributed by atoms with Gasteiger partial charge >= 0.3 is 0 Å². The third-order valence-electron chi connectivity index (χ3n) is 10.2. The van der Waals surface area contributed by atoms with Gasteiger partial charge in [-0.3, -0.25) is 0 Å². The fourth-order valence-corrected chi connectivity index (χ4v) is 10.7. The molecular weight excluding hydrogens is 617 g/mol. The van der Waals surface area contributed by atoms with Gasteiger partial charge in [0.2, 0.25) is 0 Å². The molecule has 0 spiro atoms. The van der Waals surface area contributed by atoms with E-state index in [0.717, 1.165) is 0 Å². The Labute approximate surface area is 284 Å². The first-order valence-corrected chi connectivity index (χ1v) is 18.1. The van der Waals surface area contributed by atoms with E-state index in [-0.39, 0.29) is 0 Å². The lowest BCUT2D eigenvalue weighted by atomic mass is 9.84. The molecular formula is C46H26S2. The van der Waals surface area contributed by atoms with Crippen LogP contribution < -0.4 is 0 Å². The van der Waals surface area contributed by atoms with Gasteiger partial charge < -0.3 is 0 Å². The van der Waals surface area contributed by atoms with Crippen LogP contribution >= 0.6 is 22.7 Å². The maximum atomic E-state index is 2.45. The quantitative estimate of drug-likeness (QED) is 0.165. The number of thiophene rings is 2. The van der Waals surface area contributed by atoms with E-state index in [2.05, 4.69) is 158 Å². The average Bonchev–Trinajstić information content (AvgIpc) is 3.72. The second kappa shape index (κ2) is 9.98. The van der Waals surface area contributed by atoms with Crippen LogP contribution in [0.2, 0.25) is 0 Å². The molecule has 0 aliphatic heterocycles. The molecule has 222 valence electrons. The summed E-state index contributed by atoms with van der Waals surface area (Å²) < 4.78 is 5.49. The van der Waals surface area contributed by atoms with Gasteiger partial charge in [-0.1, -0.05) is 140 Å². The van der Waals surface area contributed by atoms with Gasteiger partial charge in [-0.05, 0) is 83.5 Å². The Kier molecular flexibility index (Phi) is 5.51. The fraction of sp³-hybridized carbons (Fsp3) is 0. The second-order valence-corrected chi connectivity index (χ2v) is 14.9. The first-order chi connectivity index (χ1) is 23.8. The zero-order valence-corrected chi connectivity index (χ0v) is 27.5. The van der Waals surface area contributed by atoms with Gasteiger partial charge in [-0.2, -0.15) is 0 Å². The molecule has 48 heavy (non-hydrogen) atoms. The molecule has 11 rings (SSSR count). The van der Waals surface area contributed by atoms with Crippen LogP contribution in [0.1, 0.15) is 0 Å². The summed E-state index contributed by atoms with van der Waals surface area (Å²) >= 11 is 3.87. The third-order valence-corrected chi connectivity index (χ3v) is 12.8. The van der Waals surface area contributed by atoms with Crippen molar-refractivity contribution < 1.29 is 0 Å². The Morgan fingerprint density at radius 3 is 1.60 bits per heavy atom. The minimum Gasteiger partial charge on any atom is -0.134 e. The molecule has 0 amide bonds. The van der Waals surface area contributed by atoms with Crippen molar-refractivity contribution in [3.8, 4) is 22.3 Å². The first kappa shape index (κ1) is 26.5. The van der Waals surface area contributed by atoms with E-state index in [1.165, 1.54) is 106 Å². The molecule has 2 heterocycles. The lowest BCUT2D eigenvalue weighted by Crippen LogP contribution is -1.91. The average molecular weight is 643 g/mol. The van der Waals surface area contributed by atoms with Crippen LogP contribution in [0.15, 0.2) is 158 Å². The molecule has 0 aliphatic carbocycles. The minimum absolute atomic E-state index is 1.27. The fourth-order valence-electron chi connectivity index (χ4n) is 8.17. The highest BCUT2D eigenvalue weighted by Crippen LogP contribution is 2.49. The van der Waals surface area contributed by atoms with E-state index in [4.69, 9.17) is 0 Å². The van der Waals surface area contributed by atoms with Gasteiger partial charge in [0.25, 0.3) is 0 Å². The Bertz CT molecular complexity index is 3060. The lowest BCUT2D eigenvalue weighted by molar-refractivity contribution is 1.69. The maximum absolute atomic E-state index is 2.45. The van der Waals surface area contributed by atoms with Crippen molar-refractivity contribution in [2.45, 2.75) is 0 Å². The molecule has 0 saturated carbocycles. The van der Waals surface area contributed by atoms with E-state index >= 15 is 0 Å². The van der Waals surface area contributed by atoms with Crippen LogP contribution in [0.3, 0.4) is 0 Å². The van der Waals surface area contributed by atoms with Gasteiger partial charge in [0.05, 0.1) is 9.40 Å². The van der Waals surface area contributed by atoms with Crippen LogP contribution in [0.4, 0.5) is 0 Å². The largest absolute Gasteiger partial charge is 0.134 e. The number of rotatable bonds is 2. The smallest absolute Gasteiger partial charge is 0.0534 e. The molecule has 0 atom stereocenters. The van der Waals surface area contributed by atoms with Gasteiger partial charge in [0.15, 0.2) is 0 Å². The molecule has 2 heteroatoms. The number of benzene rings is 9. The van der Waals surface area contributed by atoms with E-state index in [9.17, 15) is 0 Å². The predicted molar refractivity (Wildman–Crippen MR) is 213 cm³/mol. The van der Waals surface area contributed by atoms with Crippen LogP contribution in [-0.2, 0) is 0 Å². The van der Waals surface area contributed by atoms with Crippen molar-refractivity contribution in [1.82, 2.24) is 0 Å². The summed E-state index contributed by atoms with van der Waals surface area (Å²) in [7, 11) is 0. The first-order valence-electron chi connectivity index (χ1n) is 16.4. The van der Waals surface area contributed by atoms with Gasteiger partial charge in [0, 0.05) is 30.9 Å². The van der Waals surface area contributed by atoms with E-state index in [1.54, 1.807) is 0 Å². The summed E-state index contributed by atoms with van der Waals surface area (Å²) in [6, 6.07) is 58.7. The third kappa shape index (κ3) is 3.65. The maximum Gasteiger partial charge on any atom is 0.0534 e. The summed E-state index contributed by atoms with van der Waals surface area (Å²) in [5.41, 5.74) is 5.16. The van der Waals surface area contributed by atoms with Crippen molar-refractivity contribution in [3.63, 3.8) is 0 Å². The van der Waals surface area contributed by atoms with Crippen molar-refractivity contribution in [3.05, 3.63) is 158 Å². The van der Waals surface area contributed by atoms with Crippen LogP contribution in [0.25, 0.3) is 106 Å². The van der Waals surface area contributed by atoms with Crippen molar-refractivity contribution in [1.29, 1.82) is 0 Å². The molecule has 0 bridgehead atoms. The van der Waals surface area contributed by atoms with Crippen molar-refractivity contribution in [2.75, 3.05) is 0 Å². The standard InChI is InChI=1S/C46H26S2/c1-3-13-30-27(10-1)12-9-19-32(30)43-35-17-7-5-15-33(35)42(34-16-6-8-18-36(34)43)29-21-24-40-39(26-29)37-22-23-38-44-31-14-4-2-11-28(31)20-25-41(44)48-46(38)45(37)47-40/h1-26H. The Hall–Kier alpha value is -5.54. The normalized spacial score (nSPS) is 12.2. The van der Waals surface area contributed by atoms with E-state index < -0.39 is 0 Å².